The summed E-state index contributed by atoms with van der Waals surface area (Å²) in [5, 5.41) is 4.96. The molecule has 0 bridgehead atoms. The molecule has 0 radical (unpaired) electrons. The van der Waals surface area contributed by atoms with Crippen molar-refractivity contribution in [3.05, 3.63) is 54.1 Å². The number of fused-ring (bicyclic) bond motifs is 1. The molecule has 0 saturated carbocycles. The van der Waals surface area contributed by atoms with Gasteiger partial charge in [0.1, 0.15) is 18.0 Å². The van der Waals surface area contributed by atoms with E-state index in [4.69, 9.17) is 5.53 Å². The predicted molar refractivity (Wildman–Crippen MR) is 122 cm³/mol. The third-order valence-electron chi connectivity index (χ3n) is 6.48. The van der Waals surface area contributed by atoms with Gasteiger partial charge in [-0.15, -0.1) is 0 Å². The number of H-pyrrole nitrogens is 1. The normalized spacial score (nSPS) is 21.1. The van der Waals surface area contributed by atoms with Gasteiger partial charge in [0, 0.05) is 30.4 Å². The van der Waals surface area contributed by atoms with E-state index in [2.05, 4.69) is 66.0 Å². The van der Waals surface area contributed by atoms with Gasteiger partial charge in [0.15, 0.2) is 0 Å². The maximum absolute atomic E-state index is 7.82. The third-order valence-corrected chi connectivity index (χ3v) is 6.48. The van der Waals surface area contributed by atoms with Gasteiger partial charge in [0.25, 0.3) is 0 Å². The third kappa shape index (κ3) is 4.07. The number of piperidine rings is 1. The number of aromatic nitrogens is 3. The van der Waals surface area contributed by atoms with E-state index >= 15 is 0 Å². The summed E-state index contributed by atoms with van der Waals surface area (Å²) in [6.07, 6.45) is 7.41. The lowest BCUT2D eigenvalue weighted by molar-refractivity contribution is 0.160. The van der Waals surface area contributed by atoms with Crippen LogP contribution in [0.2, 0.25) is 0 Å². The van der Waals surface area contributed by atoms with E-state index in [1.807, 2.05) is 18.6 Å². The van der Waals surface area contributed by atoms with E-state index in [0.717, 1.165) is 55.7 Å². The lowest BCUT2D eigenvalue weighted by atomic mass is 9.87. The lowest BCUT2D eigenvalue weighted by Crippen LogP contribution is -2.35. The topological polar surface area (TPSA) is 96.6 Å². The van der Waals surface area contributed by atoms with Crippen LogP contribution in [0.4, 0.5) is 5.69 Å². The molecular formula is C23H28N8. The number of rotatable bonds is 6. The molecule has 2 aromatic heterocycles. The monoisotopic (exact) mass is 416 g/mol. The van der Waals surface area contributed by atoms with Crippen molar-refractivity contribution in [3.63, 3.8) is 0 Å². The molecule has 1 saturated heterocycles. The van der Waals surface area contributed by atoms with Crippen molar-refractivity contribution in [2.75, 3.05) is 24.5 Å². The minimum Gasteiger partial charge on any atom is -0.346 e. The minimum atomic E-state index is -0.202. The van der Waals surface area contributed by atoms with E-state index in [1.54, 1.807) is 6.33 Å². The van der Waals surface area contributed by atoms with Gasteiger partial charge < -0.3 is 9.88 Å². The van der Waals surface area contributed by atoms with Crippen molar-refractivity contribution in [3.8, 4) is 0 Å². The van der Waals surface area contributed by atoms with Gasteiger partial charge in [-0.05, 0) is 62.5 Å². The number of anilines is 1. The molecule has 1 aromatic carbocycles. The van der Waals surface area contributed by atoms with Crippen molar-refractivity contribution in [2.24, 2.45) is 16.0 Å². The number of nitrogens with zero attached hydrogens (tertiary/aromatic N) is 6. The molecule has 8 nitrogen and oxygen atoms in total. The molecule has 8 heteroatoms. The van der Waals surface area contributed by atoms with Gasteiger partial charge in [-0.3, -0.25) is 9.89 Å². The maximum atomic E-state index is 7.82. The average Bonchev–Trinajstić information content (AvgIpc) is 3.45. The summed E-state index contributed by atoms with van der Waals surface area (Å²) in [4.78, 5) is 21.0. The van der Waals surface area contributed by atoms with Crippen LogP contribution in [-0.2, 0) is 6.54 Å². The number of hydrogen-bond acceptors (Lipinski definition) is 7. The fourth-order valence-corrected chi connectivity index (χ4v) is 4.74. The number of aromatic amines is 1. The Kier molecular flexibility index (Phi) is 5.46. The summed E-state index contributed by atoms with van der Waals surface area (Å²) in [6.45, 7) is 6.07. The van der Waals surface area contributed by atoms with Crippen LogP contribution in [0.15, 0.2) is 53.0 Å². The van der Waals surface area contributed by atoms with Gasteiger partial charge >= 0.3 is 0 Å². The van der Waals surface area contributed by atoms with Crippen LogP contribution in [0, 0.1) is 11.4 Å². The first-order chi connectivity index (χ1) is 15.2. The largest absolute Gasteiger partial charge is 0.346 e. The second-order valence-electron chi connectivity index (χ2n) is 8.62. The fourth-order valence-electron chi connectivity index (χ4n) is 4.74. The Balaban J connectivity index is 1.20. The standard InChI is InChI=1S/C23H28N8/c1-16-12-31(15-28-16)19-4-2-17(3-5-19)13-30-10-7-18(8-11-30)21(29-24)22-20-6-9-25-23(20)27-14-26-22/h2-6,9,14-16,18,21,24H,7-8,10-13H2,1H3,(H,25,26,27). The first-order valence-corrected chi connectivity index (χ1v) is 11.0. The summed E-state index contributed by atoms with van der Waals surface area (Å²) >= 11 is 0. The summed E-state index contributed by atoms with van der Waals surface area (Å²) in [7, 11) is 0. The highest BCUT2D eigenvalue weighted by molar-refractivity contribution is 5.81. The van der Waals surface area contributed by atoms with Crippen LogP contribution in [0.5, 0.6) is 0 Å². The maximum Gasteiger partial charge on any atom is 0.141 e. The SMILES string of the molecule is CC1CN(c2ccc(CN3CCC(C(N=N)c4ncnc5[nH]ccc45)CC3)cc2)C=N1. The average molecular weight is 417 g/mol. The van der Waals surface area contributed by atoms with E-state index in [1.165, 1.54) is 11.3 Å². The lowest BCUT2D eigenvalue weighted by Gasteiger charge is -2.34. The molecule has 1 fully saturated rings. The van der Waals surface area contributed by atoms with Crippen molar-refractivity contribution in [1.82, 2.24) is 19.9 Å². The highest BCUT2D eigenvalue weighted by Gasteiger charge is 2.30. The van der Waals surface area contributed by atoms with Gasteiger partial charge in [0.2, 0.25) is 0 Å². The Bertz CT molecular complexity index is 1060. The van der Waals surface area contributed by atoms with Crippen molar-refractivity contribution in [1.29, 1.82) is 5.53 Å². The Morgan fingerprint density at radius 2 is 1.97 bits per heavy atom. The summed E-state index contributed by atoms with van der Waals surface area (Å²) in [5.74, 6) is 0.334. The van der Waals surface area contributed by atoms with Crippen molar-refractivity contribution in [2.45, 2.75) is 38.4 Å². The predicted octanol–water partition coefficient (Wildman–Crippen LogP) is 4.18. The summed E-state index contributed by atoms with van der Waals surface area (Å²) in [6, 6.07) is 11.0. The van der Waals surface area contributed by atoms with E-state index in [-0.39, 0.29) is 6.04 Å². The fraction of sp³-hybridized carbons (Fsp3) is 0.435. The second-order valence-corrected chi connectivity index (χ2v) is 8.62. The molecule has 0 aliphatic carbocycles. The van der Waals surface area contributed by atoms with Gasteiger partial charge in [0.05, 0.1) is 18.1 Å². The molecule has 5 rings (SSSR count). The number of hydrogen-bond donors (Lipinski definition) is 2. The van der Waals surface area contributed by atoms with Crippen molar-refractivity contribution >= 4 is 23.1 Å². The molecule has 31 heavy (non-hydrogen) atoms. The molecule has 2 N–H and O–H groups in total. The Hall–Kier alpha value is -3.13. The van der Waals surface area contributed by atoms with Crippen LogP contribution in [0.25, 0.3) is 11.0 Å². The van der Waals surface area contributed by atoms with Crippen LogP contribution >= 0.6 is 0 Å². The Labute approximate surface area is 181 Å². The molecule has 4 heterocycles. The molecule has 2 aliphatic heterocycles. The zero-order valence-corrected chi connectivity index (χ0v) is 17.8. The number of aliphatic imine (C=N–C) groups is 1. The smallest absolute Gasteiger partial charge is 0.141 e. The van der Waals surface area contributed by atoms with Gasteiger partial charge in [-0.1, -0.05) is 12.1 Å². The zero-order valence-electron chi connectivity index (χ0n) is 17.8. The van der Waals surface area contributed by atoms with Crippen LogP contribution < -0.4 is 4.90 Å². The minimum absolute atomic E-state index is 0.202. The van der Waals surface area contributed by atoms with E-state index in [0.29, 0.717) is 12.0 Å². The molecule has 3 aromatic rings. The van der Waals surface area contributed by atoms with E-state index in [9.17, 15) is 0 Å². The molecule has 2 aliphatic rings. The molecule has 2 atom stereocenters. The highest BCUT2D eigenvalue weighted by Crippen LogP contribution is 2.35. The quantitative estimate of drug-likeness (QED) is 0.589. The first kappa shape index (κ1) is 19.8. The zero-order chi connectivity index (χ0) is 21.2. The van der Waals surface area contributed by atoms with Gasteiger partial charge in [-0.2, -0.15) is 5.11 Å². The van der Waals surface area contributed by atoms with E-state index < -0.39 is 0 Å². The van der Waals surface area contributed by atoms with Gasteiger partial charge in [-0.25, -0.2) is 15.5 Å². The van der Waals surface area contributed by atoms with Crippen LogP contribution in [0.3, 0.4) is 0 Å². The number of likely N-dealkylation sites (tertiary alicyclic amines) is 1. The Morgan fingerprint density at radius 3 is 2.68 bits per heavy atom. The first-order valence-electron chi connectivity index (χ1n) is 11.0. The Morgan fingerprint density at radius 1 is 1.16 bits per heavy atom. The number of benzene rings is 1. The molecule has 160 valence electrons. The van der Waals surface area contributed by atoms with Crippen LogP contribution in [-0.4, -0.2) is 51.9 Å². The van der Waals surface area contributed by atoms with Crippen LogP contribution in [0.1, 0.15) is 37.1 Å². The molecular weight excluding hydrogens is 388 g/mol. The molecule has 0 spiro atoms. The highest BCUT2D eigenvalue weighted by atomic mass is 15.2. The molecule has 2 unspecified atom stereocenters. The summed E-state index contributed by atoms with van der Waals surface area (Å²) < 4.78 is 0. The number of nitrogens with one attached hydrogen (secondary N) is 2. The second kappa shape index (κ2) is 8.55. The van der Waals surface area contributed by atoms with Crippen molar-refractivity contribution < 1.29 is 0 Å². The summed E-state index contributed by atoms with van der Waals surface area (Å²) in [5.41, 5.74) is 12.0. The molecule has 0 amide bonds.